The minimum absolute atomic E-state index is 0.116. The zero-order valence-electron chi connectivity index (χ0n) is 13.3. The Morgan fingerprint density at radius 2 is 2.38 bits per heavy atom. The second-order valence-corrected chi connectivity index (χ2v) is 6.18. The lowest BCUT2D eigenvalue weighted by molar-refractivity contribution is -0.0891. The van der Waals surface area contributed by atoms with Crippen molar-refractivity contribution in [2.24, 2.45) is 5.92 Å². The van der Waals surface area contributed by atoms with Gasteiger partial charge in [0.1, 0.15) is 5.60 Å². The normalized spacial score (nSPS) is 27.2. The molecule has 1 saturated carbocycles. The first-order valence-electron chi connectivity index (χ1n) is 7.96. The van der Waals surface area contributed by atoms with Gasteiger partial charge in [-0.3, -0.25) is 0 Å². The number of aromatic nitrogens is 2. The number of nitrogens with zero attached hydrogens (tertiary/aromatic N) is 3. The fourth-order valence-corrected chi connectivity index (χ4v) is 3.20. The number of ether oxygens (including phenoxy) is 1. The van der Waals surface area contributed by atoms with Crippen molar-refractivity contribution >= 4 is 0 Å². The standard InChI is InChI=1S/C16H25N3O2/c1-4-20-16(9-5-7-12(2)11-16)15-18-14(21-19-15)13(3)8-6-10-17/h12-13H,4-9,11H2,1-3H3. The molecule has 0 spiro atoms. The van der Waals surface area contributed by atoms with E-state index in [9.17, 15) is 0 Å². The highest BCUT2D eigenvalue weighted by Crippen LogP contribution is 2.42. The first-order valence-corrected chi connectivity index (χ1v) is 7.96. The highest BCUT2D eigenvalue weighted by molar-refractivity contribution is 5.06. The van der Waals surface area contributed by atoms with Crippen LogP contribution in [0, 0.1) is 17.2 Å². The summed E-state index contributed by atoms with van der Waals surface area (Å²) in [6, 6.07) is 2.16. The topological polar surface area (TPSA) is 71.9 Å². The van der Waals surface area contributed by atoms with Crippen LogP contribution in [0.4, 0.5) is 0 Å². The van der Waals surface area contributed by atoms with Crippen LogP contribution in [0.3, 0.4) is 0 Å². The molecule has 1 fully saturated rings. The molecule has 116 valence electrons. The minimum atomic E-state index is -0.386. The number of rotatable bonds is 6. The van der Waals surface area contributed by atoms with Gasteiger partial charge in [0.05, 0.1) is 6.07 Å². The summed E-state index contributed by atoms with van der Waals surface area (Å²) in [6.45, 7) is 6.94. The number of hydrogen-bond donors (Lipinski definition) is 0. The first kappa shape index (κ1) is 16.0. The molecule has 1 aromatic rings. The number of nitriles is 1. The van der Waals surface area contributed by atoms with Crippen molar-refractivity contribution in [2.75, 3.05) is 6.61 Å². The van der Waals surface area contributed by atoms with Gasteiger partial charge in [0.2, 0.25) is 11.7 Å². The smallest absolute Gasteiger partial charge is 0.229 e. The van der Waals surface area contributed by atoms with Crippen LogP contribution in [0.1, 0.15) is 76.9 Å². The molecule has 21 heavy (non-hydrogen) atoms. The molecule has 0 amide bonds. The Balaban J connectivity index is 2.18. The monoisotopic (exact) mass is 291 g/mol. The number of hydrogen-bond acceptors (Lipinski definition) is 5. The highest BCUT2D eigenvalue weighted by Gasteiger charge is 2.41. The third-order valence-electron chi connectivity index (χ3n) is 4.34. The van der Waals surface area contributed by atoms with Crippen LogP contribution < -0.4 is 0 Å². The molecular weight excluding hydrogens is 266 g/mol. The van der Waals surface area contributed by atoms with Gasteiger partial charge in [-0.25, -0.2) is 0 Å². The lowest BCUT2D eigenvalue weighted by Gasteiger charge is -2.37. The van der Waals surface area contributed by atoms with Crippen molar-refractivity contribution in [3.05, 3.63) is 11.7 Å². The summed E-state index contributed by atoms with van der Waals surface area (Å²) in [6.07, 6.45) is 5.53. The first-order chi connectivity index (χ1) is 10.1. The highest BCUT2D eigenvalue weighted by atomic mass is 16.5. The molecule has 5 nitrogen and oxygen atoms in total. The maximum absolute atomic E-state index is 8.67. The average molecular weight is 291 g/mol. The van der Waals surface area contributed by atoms with Gasteiger partial charge in [-0.1, -0.05) is 25.4 Å². The predicted molar refractivity (Wildman–Crippen MR) is 78.5 cm³/mol. The van der Waals surface area contributed by atoms with Crippen molar-refractivity contribution in [1.29, 1.82) is 5.26 Å². The van der Waals surface area contributed by atoms with Crippen LogP contribution in [0.25, 0.3) is 0 Å². The predicted octanol–water partition coefficient (Wildman–Crippen LogP) is 3.92. The molecule has 0 saturated heterocycles. The fourth-order valence-electron chi connectivity index (χ4n) is 3.20. The van der Waals surface area contributed by atoms with Gasteiger partial charge in [-0.05, 0) is 38.5 Å². The van der Waals surface area contributed by atoms with Crippen molar-refractivity contribution < 1.29 is 9.26 Å². The molecule has 3 atom stereocenters. The van der Waals surface area contributed by atoms with E-state index in [0.717, 1.165) is 25.7 Å². The Morgan fingerprint density at radius 3 is 3.05 bits per heavy atom. The van der Waals surface area contributed by atoms with E-state index in [4.69, 9.17) is 14.5 Å². The largest absolute Gasteiger partial charge is 0.367 e. The van der Waals surface area contributed by atoms with Crippen LogP contribution in [-0.2, 0) is 10.3 Å². The van der Waals surface area contributed by atoms with Crippen LogP contribution in [0.15, 0.2) is 4.52 Å². The summed E-state index contributed by atoms with van der Waals surface area (Å²) in [5, 5.41) is 12.9. The summed E-state index contributed by atoms with van der Waals surface area (Å²) in [4.78, 5) is 4.60. The van der Waals surface area contributed by atoms with Crippen LogP contribution in [0.5, 0.6) is 0 Å². The van der Waals surface area contributed by atoms with E-state index in [2.05, 4.69) is 23.1 Å². The van der Waals surface area contributed by atoms with E-state index in [1.54, 1.807) is 0 Å². The maximum Gasteiger partial charge on any atom is 0.229 e. The summed E-state index contributed by atoms with van der Waals surface area (Å²) in [5.74, 6) is 2.04. The van der Waals surface area contributed by atoms with Crippen LogP contribution >= 0.6 is 0 Å². The van der Waals surface area contributed by atoms with Gasteiger partial charge in [0.15, 0.2) is 0 Å². The maximum atomic E-state index is 8.67. The van der Waals surface area contributed by atoms with Gasteiger partial charge >= 0.3 is 0 Å². The molecule has 0 N–H and O–H groups in total. The Morgan fingerprint density at radius 1 is 1.57 bits per heavy atom. The molecular formula is C16H25N3O2. The van der Waals surface area contributed by atoms with Crippen LogP contribution in [0.2, 0.25) is 0 Å². The SMILES string of the molecule is CCOC1(c2noc(C(C)CCC#N)n2)CCCC(C)C1. The lowest BCUT2D eigenvalue weighted by Crippen LogP contribution is -2.36. The zero-order chi connectivity index (χ0) is 15.3. The molecule has 0 aliphatic heterocycles. The van der Waals surface area contributed by atoms with E-state index < -0.39 is 0 Å². The molecule has 0 bridgehead atoms. The third kappa shape index (κ3) is 3.62. The third-order valence-corrected chi connectivity index (χ3v) is 4.34. The summed E-state index contributed by atoms with van der Waals surface area (Å²) < 4.78 is 11.5. The summed E-state index contributed by atoms with van der Waals surface area (Å²) in [5.41, 5.74) is -0.386. The fraction of sp³-hybridized carbons (Fsp3) is 0.812. The van der Waals surface area contributed by atoms with Crippen molar-refractivity contribution in [2.45, 2.75) is 70.8 Å². The zero-order valence-corrected chi connectivity index (χ0v) is 13.3. The van der Waals surface area contributed by atoms with Gasteiger partial charge in [0, 0.05) is 18.9 Å². The van der Waals surface area contributed by atoms with E-state index in [-0.39, 0.29) is 11.5 Å². The minimum Gasteiger partial charge on any atom is -0.367 e. The summed E-state index contributed by atoms with van der Waals surface area (Å²) in [7, 11) is 0. The second-order valence-electron chi connectivity index (χ2n) is 6.18. The molecule has 1 aromatic heterocycles. The Hall–Kier alpha value is -1.41. The van der Waals surface area contributed by atoms with Gasteiger partial charge < -0.3 is 9.26 Å². The van der Waals surface area contributed by atoms with Crippen LogP contribution in [-0.4, -0.2) is 16.7 Å². The second kappa shape index (κ2) is 7.04. The van der Waals surface area contributed by atoms with Gasteiger partial charge in [-0.15, -0.1) is 0 Å². The molecule has 3 unspecified atom stereocenters. The molecule has 1 heterocycles. The van der Waals surface area contributed by atoms with Crippen molar-refractivity contribution in [3.63, 3.8) is 0 Å². The molecule has 5 heteroatoms. The van der Waals surface area contributed by atoms with Gasteiger partial charge in [-0.2, -0.15) is 10.2 Å². The molecule has 1 aliphatic rings. The van der Waals surface area contributed by atoms with Crippen molar-refractivity contribution in [3.8, 4) is 6.07 Å². The Kier molecular flexibility index (Phi) is 5.35. The molecule has 0 aromatic carbocycles. The average Bonchev–Trinajstić information content (AvgIpc) is 2.95. The molecule has 0 radical (unpaired) electrons. The van der Waals surface area contributed by atoms with E-state index in [1.165, 1.54) is 6.42 Å². The lowest BCUT2D eigenvalue weighted by atomic mass is 9.78. The van der Waals surface area contributed by atoms with E-state index >= 15 is 0 Å². The quantitative estimate of drug-likeness (QED) is 0.794. The van der Waals surface area contributed by atoms with E-state index in [0.29, 0.717) is 30.7 Å². The van der Waals surface area contributed by atoms with Crippen molar-refractivity contribution in [1.82, 2.24) is 10.1 Å². The molecule has 2 rings (SSSR count). The van der Waals surface area contributed by atoms with E-state index in [1.807, 2.05) is 13.8 Å². The molecule has 1 aliphatic carbocycles. The Labute approximate surface area is 126 Å². The Bertz CT molecular complexity index is 490. The van der Waals surface area contributed by atoms with Gasteiger partial charge in [0.25, 0.3) is 0 Å². The summed E-state index contributed by atoms with van der Waals surface area (Å²) >= 11 is 0.